The highest BCUT2D eigenvalue weighted by molar-refractivity contribution is 7.89. The fourth-order valence-corrected chi connectivity index (χ4v) is 4.24. The van der Waals surface area contributed by atoms with Crippen molar-refractivity contribution >= 4 is 15.9 Å². The number of amides is 1. The molecule has 0 aliphatic carbocycles. The molecule has 1 aliphatic rings. The number of piperazine rings is 1. The molecule has 1 amide bonds. The largest absolute Gasteiger partial charge is 0.336 e. The van der Waals surface area contributed by atoms with Gasteiger partial charge in [-0.25, -0.2) is 8.42 Å². The average molecular weight is 388 g/mol. The summed E-state index contributed by atoms with van der Waals surface area (Å²) >= 11 is 0. The van der Waals surface area contributed by atoms with Crippen molar-refractivity contribution in [3.63, 3.8) is 0 Å². The van der Waals surface area contributed by atoms with Crippen molar-refractivity contribution in [3.8, 4) is 0 Å². The highest BCUT2D eigenvalue weighted by Gasteiger charge is 2.22. The minimum Gasteiger partial charge on any atom is -0.336 e. The molecule has 0 unspecified atom stereocenters. The molecule has 0 radical (unpaired) electrons. The maximum Gasteiger partial charge on any atom is 0.253 e. The van der Waals surface area contributed by atoms with Crippen LogP contribution in [0.15, 0.2) is 59.5 Å². The lowest BCUT2D eigenvalue weighted by Crippen LogP contribution is -2.47. The van der Waals surface area contributed by atoms with Gasteiger partial charge in [-0.2, -0.15) is 4.31 Å². The number of nitrogens with zero attached hydrogens (tertiary/aromatic N) is 3. The van der Waals surface area contributed by atoms with Crippen molar-refractivity contribution < 1.29 is 13.2 Å². The summed E-state index contributed by atoms with van der Waals surface area (Å²) in [6.45, 7) is 3.47. The first kappa shape index (κ1) is 19.5. The van der Waals surface area contributed by atoms with Crippen molar-refractivity contribution in [1.29, 1.82) is 0 Å². The van der Waals surface area contributed by atoms with E-state index in [1.807, 2.05) is 17.0 Å². The van der Waals surface area contributed by atoms with Crippen LogP contribution in [-0.2, 0) is 16.6 Å². The molecule has 0 aromatic heterocycles. The Morgan fingerprint density at radius 1 is 0.963 bits per heavy atom. The van der Waals surface area contributed by atoms with Gasteiger partial charge < -0.3 is 9.80 Å². The van der Waals surface area contributed by atoms with Gasteiger partial charge in [0.1, 0.15) is 0 Å². The first-order valence-corrected chi connectivity index (χ1v) is 10.4. The van der Waals surface area contributed by atoms with Crippen molar-refractivity contribution in [2.45, 2.75) is 11.4 Å². The summed E-state index contributed by atoms with van der Waals surface area (Å²) in [5.41, 5.74) is 1.48. The van der Waals surface area contributed by atoms with E-state index in [0.717, 1.165) is 31.7 Å². The molecule has 144 valence electrons. The molecule has 7 heteroatoms. The van der Waals surface area contributed by atoms with Crippen LogP contribution in [0.25, 0.3) is 0 Å². The van der Waals surface area contributed by atoms with Crippen LogP contribution in [0.5, 0.6) is 0 Å². The summed E-state index contributed by atoms with van der Waals surface area (Å²) in [5, 5.41) is 0. The van der Waals surface area contributed by atoms with E-state index in [-0.39, 0.29) is 17.3 Å². The van der Waals surface area contributed by atoms with Crippen LogP contribution in [0, 0.1) is 0 Å². The van der Waals surface area contributed by atoms with Gasteiger partial charge in [-0.05, 0) is 36.9 Å². The molecule has 27 heavy (non-hydrogen) atoms. The van der Waals surface area contributed by atoms with Gasteiger partial charge in [0.2, 0.25) is 10.0 Å². The minimum absolute atomic E-state index is 0.0277. The Bertz CT molecular complexity index is 874. The third kappa shape index (κ3) is 4.55. The van der Waals surface area contributed by atoms with E-state index in [9.17, 15) is 13.2 Å². The second-order valence-corrected chi connectivity index (χ2v) is 8.91. The Balaban J connectivity index is 1.66. The van der Waals surface area contributed by atoms with Crippen LogP contribution in [-0.4, -0.2) is 68.7 Å². The number of rotatable bonds is 5. The highest BCUT2D eigenvalue weighted by atomic mass is 32.2. The molecule has 0 saturated carbocycles. The van der Waals surface area contributed by atoms with Crippen molar-refractivity contribution in [2.24, 2.45) is 0 Å². The quantitative estimate of drug-likeness (QED) is 0.786. The van der Waals surface area contributed by atoms with Crippen molar-refractivity contribution in [2.75, 3.05) is 40.3 Å². The average Bonchev–Trinajstić information content (AvgIpc) is 2.69. The van der Waals surface area contributed by atoms with Gasteiger partial charge in [-0.3, -0.25) is 4.79 Å². The second-order valence-electron chi connectivity index (χ2n) is 6.87. The fourth-order valence-electron chi connectivity index (χ4n) is 3.06. The van der Waals surface area contributed by atoms with E-state index < -0.39 is 10.0 Å². The van der Waals surface area contributed by atoms with E-state index in [1.54, 1.807) is 49.5 Å². The predicted octanol–water partition coefficient (Wildman–Crippen LogP) is 1.89. The molecular formula is C20H25N3O3S. The number of likely N-dealkylation sites (N-methyl/N-ethyl adjacent to an activating group) is 1. The predicted molar refractivity (Wildman–Crippen MR) is 105 cm³/mol. The lowest BCUT2D eigenvalue weighted by molar-refractivity contribution is 0.0664. The third-order valence-electron chi connectivity index (χ3n) is 4.85. The molecule has 6 nitrogen and oxygen atoms in total. The summed E-state index contributed by atoms with van der Waals surface area (Å²) in [6, 6.07) is 15.6. The van der Waals surface area contributed by atoms with Gasteiger partial charge in [0.25, 0.3) is 5.91 Å². The molecule has 3 rings (SSSR count). The van der Waals surface area contributed by atoms with Crippen LogP contribution >= 0.6 is 0 Å². The third-order valence-corrected chi connectivity index (χ3v) is 6.67. The standard InChI is InChI=1S/C20H25N3O3S/c1-21-12-14-23(15-13-21)20(24)18-10-8-17(9-11-18)16-22(2)27(25,26)19-6-4-3-5-7-19/h3-11H,12-16H2,1-2H3. The number of sulfonamides is 1. The van der Waals surface area contributed by atoms with E-state index in [0.29, 0.717) is 5.56 Å². The Hall–Kier alpha value is -2.22. The minimum atomic E-state index is -3.53. The van der Waals surface area contributed by atoms with Gasteiger partial charge in [0, 0.05) is 45.3 Å². The lowest BCUT2D eigenvalue weighted by Gasteiger charge is -2.32. The lowest BCUT2D eigenvalue weighted by atomic mass is 10.1. The maximum absolute atomic E-state index is 12.6. The molecule has 0 N–H and O–H groups in total. The topological polar surface area (TPSA) is 60.9 Å². The van der Waals surface area contributed by atoms with E-state index in [4.69, 9.17) is 0 Å². The summed E-state index contributed by atoms with van der Waals surface area (Å²) in [6.07, 6.45) is 0. The van der Waals surface area contributed by atoms with Crippen LogP contribution in [0.3, 0.4) is 0 Å². The summed E-state index contributed by atoms with van der Waals surface area (Å²) in [5.74, 6) is 0.0277. The molecule has 0 atom stereocenters. The Morgan fingerprint density at radius 3 is 2.15 bits per heavy atom. The zero-order valence-corrected chi connectivity index (χ0v) is 16.5. The number of carbonyl (C=O) groups is 1. The van der Waals surface area contributed by atoms with E-state index in [1.165, 1.54) is 4.31 Å². The molecule has 1 saturated heterocycles. The molecule has 1 heterocycles. The second kappa shape index (κ2) is 8.21. The monoisotopic (exact) mass is 387 g/mol. The summed E-state index contributed by atoms with van der Waals surface area (Å²) in [7, 11) is 0.0808. The van der Waals surface area contributed by atoms with Gasteiger partial charge >= 0.3 is 0 Å². The molecule has 2 aromatic rings. The van der Waals surface area contributed by atoms with Gasteiger partial charge in [0.05, 0.1) is 4.90 Å². The number of hydrogen-bond acceptors (Lipinski definition) is 4. The summed E-state index contributed by atoms with van der Waals surface area (Å²) < 4.78 is 26.5. The molecule has 1 fully saturated rings. The smallest absolute Gasteiger partial charge is 0.253 e. The fraction of sp³-hybridized carbons (Fsp3) is 0.350. The van der Waals surface area contributed by atoms with Crippen LogP contribution in [0.1, 0.15) is 15.9 Å². The van der Waals surface area contributed by atoms with Gasteiger partial charge in [0.15, 0.2) is 0 Å². The van der Waals surface area contributed by atoms with E-state index in [2.05, 4.69) is 11.9 Å². The first-order chi connectivity index (χ1) is 12.9. The zero-order chi connectivity index (χ0) is 19.4. The first-order valence-electron chi connectivity index (χ1n) is 8.96. The number of hydrogen-bond donors (Lipinski definition) is 0. The van der Waals surface area contributed by atoms with Crippen LogP contribution in [0.2, 0.25) is 0 Å². The molecule has 0 spiro atoms. The molecule has 1 aliphatic heterocycles. The summed E-state index contributed by atoms with van der Waals surface area (Å²) in [4.78, 5) is 16.9. The number of benzene rings is 2. The molecular weight excluding hydrogens is 362 g/mol. The van der Waals surface area contributed by atoms with Crippen LogP contribution in [0.4, 0.5) is 0 Å². The molecule has 2 aromatic carbocycles. The Labute approximate surface area is 161 Å². The normalized spacial score (nSPS) is 15.9. The zero-order valence-electron chi connectivity index (χ0n) is 15.7. The Kier molecular flexibility index (Phi) is 5.94. The SMILES string of the molecule is CN1CCN(C(=O)c2ccc(CN(C)S(=O)(=O)c3ccccc3)cc2)CC1. The Morgan fingerprint density at radius 2 is 1.56 bits per heavy atom. The van der Waals surface area contributed by atoms with Gasteiger partial charge in [-0.15, -0.1) is 0 Å². The van der Waals surface area contributed by atoms with E-state index >= 15 is 0 Å². The van der Waals surface area contributed by atoms with Crippen LogP contribution < -0.4 is 0 Å². The van der Waals surface area contributed by atoms with Crippen molar-refractivity contribution in [3.05, 3.63) is 65.7 Å². The van der Waals surface area contributed by atoms with Crippen molar-refractivity contribution in [1.82, 2.24) is 14.1 Å². The molecule has 0 bridgehead atoms. The highest BCUT2D eigenvalue weighted by Crippen LogP contribution is 2.17. The maximum atomic E-state index is 12.6. The number of carbonyl (C=O) groups excluding carboxylic acids is 1. The van der Waals surface area contributed by atoms with Gasteiger partial charge in [-0.1, -0.05) is 30.3 Å².